The number of aromatic amines is 1. The van der Waals surface area contributed by atoms with E-state index in [0.717, 1.165) is 0 Å². The molecular weight excluding hydrogens is 334 g/mol. The highest BCUT2D eigenvalue weighted by molar-refractivity contribution is 5.85. The zero-order chi connectivity index (χ0) is 18.4. The maximum Gasteiger partial charge on any atom is 0.328 e. The third-order valence-electron chi connectivity index (χ3n) is 3.11. The second kappa shape index (κ2) is 8.21. The van der Waals surface area contributed by atoms with Crippen molar-refractivity contribution < 1.29 is 19.1 Å². The van der Waals surface area contributed by atoms with Crippen LogP contribution in [0.4, 0.5) is 5.95 Å². The average molecular weight is 353 g/mol. The topological polar surface area (TPSA) is 180 Å². The highest BCUT2D eigenvalue weighted by atomic mass is 16.6. The molecule has 0 aliphatic heterocycles. The van der Waals surface area contributed by atoms with Crippen molar-refractivity contribution in [2.24, 2.45) is 5.73 Å². The van der Waals surface area contributed by atoms with Gasteiger partial charge in [-0.15, -0.1) is 0 Å². The smallest absolute Gasteiger partial charge is 0.328 e. The van der Waals surface area contributed by atoms with Crippen LogP contribution in [0.5, 0.6) is 0 Å². The molecule has 2 aromatic heterocycles. The summed E-state index contributed by atoms with van der Waals surface area (Å²) < 4.78 is 11.8. The number of hydrogen-bond acceptors (Lipinski definition) is 9. The zero-order valence-electron chi connectivity index (χ0n) is 13.5. The Balaban J connectivity index is 1.78. The number of nitrogens with one attached hydrogen (secondary N) is 2. The monoisotopic (exact) mass is 353 g/mol. The lowest BCUT2D eigenvalue weighted by atomic mass is 10.3. The molecular formula is C13H19N7O5. The molecule has 136 valence electrons. The van der Waals surface area contributed by atoms with Crippen molar-refractivity contribution in [1.82, 2.24) is 24.8 Å². The molecule has 0 aliphatic carbocycles. The number of amides is 1. The van der Waals surface area contributed by atoms with E-state index >= 15 is 0 Å². The maximum absolute atomic E-state index is 11.6. The number of hydrogen-bond donors (Lipinski definition) is 4. The molecule has 0 bridgehead atoms. The molecule has 6 N–H and O–H groups in total. The van der Waals surface area contributed by atoms with E-state index in [1.54, 1.807) is 0 Å². The highest BCUT2D eigenvalue weighted by Crippen LogP contribution is 2.06. The Labute approximate surface area is 141 Å². The van der Waals surface area contributed by atoms with Gasteiger partial charge in [-0.2, -0.15) is 4.98 Å². The number of esters is 1. The maximum atomic E-state index is 11.6. The summed E-state index contributed by atoms with van der Waals surface area (Å²) in [5, 5.41) is 2.38. The van der Waals surface area contributed by atoms with Crippen LogP contribution in [0.3, 0.4) is 0 Å². The first-order valence-electron chi connectivity index (χ1n) is 7.36. The molecule has 2 aromatic rings. The minimum Gasteiger partial charge on any atom is -0.462 e. The fraction of sp³-hybridized carbons (Fsp3) is 0.462. The third kappa shape index (κ3) is 4.74. The van der Waals surface area contributed by atoms with Gasteiger partial charge < -0.3 is 26.3 Å². The van der Waals surface area contributed by atoms with E-state index in [9.17, 15) is 14.4 Å². The lowest BCUT2D eigenvalue weighted by molar-refractivity contribution is -0.149. The van der Waals surface area contributed by atoms with E-state index in [4.69, 9.17) is 20.9 Å². The van der Waals surface area contributed by atoms with Gasteiger partial charge in [-0.05, 0) is 6.92 Å². The average Bonchev–Trinajstić information content (AvgIpc) is 2.97. The molecule has 0 spiro atoms. The highest BCUT2D eigenvalue weighted by Gasteiger charge is 2.16. The molecule has 2 rings (SSSR count). The molecule has 25 heavy (non-hydrogen) atoms. The molecule has 0 aliphatic rings. The number of anilines is 1. The summed E-state index contributed by atoms with van der Waals surface area (Å²) in [5.41, 5.74) is 10.6. The fourth-order valence-corrected chi connectivity index (χ4v) is 1.91. The van der Waals surface area contributed by atoms with Gasteiger partial charge in [0.15, 0.2) is 11.2 Å². The third-order valence-corrected chi connectivity index (χ3v) is 3.11. The van der Waals surface area contributed by atoms with Crippen molar-refractivity contribution in [2.75, 3.05) is 25.5 Å². The molecule has 0 unspecified atom stereocenters. The molecule has 0 saturated heterocycles. The van der Waals surface area contributed by atoms with Crippen LogP contribution in [0.15, 0.2) is 11.1 Å². The number of aromatic nitrogens is 4. The van der Waals surface area contributed by atoms with Crippen LogP contribution in [0, 0.1) is 0 Å². The van der Waals surface area contributed by atoms with Crippen LogP contribution in [0.1, 0.15) is 6.92 Å². The van der Waals surface area contributed by atoms with Gasteiger partial charge in [-0.1, -0.05) is 0 Å². The summed E-state index contributed by atoms with van der Waals surface area (Å²) in [6.45, 7) is 1.42. The summed E-state index contributed by atoms with van der Waals surface area (Å²) in [7, 11) is 0. The molecule has 1 amide bonds. The molecule has 0 radical (unpaired) electrons. The van der Waals surface area contributed by atoms with Gasteiger partial charge >= 0.3 is 5.97 Å². The molecule has 0 fully saturated rings. The van der Waals surface area contributed by atoms with E-state index in [2.05, 4.69) is 20.3 Å². The Morgan fingerprint density at radius 2 is 2.20 bits per heavy atom. The van der Waals surface area contributed by atoms with Crippen LogP contribution in [0.25, 0.3) is 11.2 Å². The van der Waals surface area contributed by atoms with Crippen molar-refractivity contribution in [3.05, 3.63) is 16.7 Å². The van der Waals surface area contributed by atoms with Gasteiger partial charge in [0.05, 0.1) is 19.5 Å². The number of nitrogen functional groups attached to an aromatic ring is 1. The summed E-state index contributed by atoms with van der Waals surface area (Å²) in [5.74, 6) is -1.07. The SMILES string of the molecule is C[C@H](NC(=O)CN)C(=O)OCCOCn1cnc2c(=O)[nH]c(N)nc21. The zero-order valence-corrected chi connectivity index (χ0v) is 13.5. The first-order chi connectivity index (χ1) is 11.9. The number of nitrogens with two attached hydrogens (primary N) is 2. The lowest BCUT2D eigenvalue weighted by Crippen LogP contribution is -2.42. The number of carbonyl (C=O) groups excluding carboxylic acids is 2. The predicted octanol–water partition coefficient (Wildman–Crippen LogP) is -2.32. The number of carbonyl (C=O) groups is 2. The first-order valence-corrected chi connectivity index (χ1v) is 7.36. The Bertz CT molecular complexity index is 815. The number of fused-ring (bicyclic) bond motifs is 1. The van der Waals surface area contributed by atoms with Gasteiger partial charge in [0.25, 0.3) is 5.56 Å². The van der Waals surface area contributed by atoms with E-state index in [1.807, 2.05) is 0 Å². The van der Waals surface area contributed by atoms with E-state index < -0.39 is 23.5 Å². The number of nitrogens with zero attached hydrogens (tertiary/aromatic N) is 3. The molecule has 2 heterocycles. The number of imidazole rings is 1. The van der Waals surface area contributed by atoms with Crippen LogP contribution in [-0.2, 0) is 25.8 Å². The summed E-state index contributed by atoms with van der Waals surface area (Å²) in [6, 6.07) is -0.799. The first kappa shape index (κ1) is 18.4. The van der Waals surface area contributed by atoms with Crippen molar-refractivity contribution in [3.8, 4) is 0 Å². The van der Waals surface area contributed by atoms with Gasteiger partial charge in [0.2, 0.25) is 11.9 Å². The van der Waals surface area contributed by atoms with E-state index in [-0.39, 0.29) is 43.6 Å². The van der Waals surface area contributed by atoms with E-state index in [0.29, 0.717) is 0 Å². The van der Waals surface area contributed by atoms with Crippen molar-refractivity contribution in [2.45, 2.75) is 19.7 Å². The van der Waals surface area contributed by atoms with Crippen LogP contribution in [0.2, 0.25) is 0 Å². The number of rotatable bonds is 8. The van der Waals surface area contributed by atoms with Gasteiger partial charge in [0.1, 0.15) is 19.4 Å². The summed E-state index contributed by atoms with van der Waals surface area (Å²) >= 11 is 0. The Morgan fingerprint density at radius 3 is 2.92 bits per heavy atom. The second-order valence-corrected chi connectivity index (χ2v) is 5.04. The van der Waals surface area contributed by atoms with Crippen LogP contribution < -0.4 is 22.3 Å². The number of H-pyrrole nitrogens is 1. The largest absolute Gasteiger partial charge is 0.462 e. The van der Waals surface area contributed by atoms with Crippen molar-refractivity contribution in [3.63, 3.8) is 0 Å². The second-order valence-electron chi connectivity index (χ2n) is 5.04. The van der Waals surface area contributed by atoms with Crippen molar-refractivity contribution in [1.29, 1.82) is 0 Å². The minimum atomic E-state index is -0.799. The summed E-state index contributed by atoms with van der Waals surface area (Å²) in [6.07, 6.45) is 1.39. The number of ether oxygens (including phenoxy) is 2. The van der Waals surface area contributed by atoms with Gasteiger partial charge in [0, 0.05) is 0 Å². The van der Waals surface area contributed by atoms with Crippen LogP contribution in [-0.4, -0.2) is 57.2 Å². The Hall–Kier alpha value is -2.99. The fourth-order valence-electron chi connectivity index (χ4n) is 1.91. The molecule has 12 heteroatoms. The lowest BCUT2D eigenvalue weighted by Gasteiger charge is -2.13. The Kier molecular flexibility index (Phi) is 6.03. The summed E-state index contributed by atoms with van der Waals surface area (Å²) in [4.78, 5) is 44.6. The molecule has 1 atom stereocenters. The molecule has 12 nitrogen and oxygen atoms in total. The molecule has 0 saturated carbocycles. The standard InChI is InChI=1S/C13H19N7O5/c1-7(17-8(21)4-14)12(23)25-3-2-24-6-20-5-16-9-10(20)18-13(15)19-11(9)22/h5,7H,2-4,6,14H2,1H3,(H,17,21)(H3,15,18,19,22)/t7-/m0/s1. The van der Waals surface area contributed by atoms with Gasteiger partial charge in [-0.25, -0.2) is 9.78 Å². The quantitative estimate of drug-likeness (QED) is 0.299. The van der Waals surface area contributed by atoms with Crippen LogP contribution >= 0.6 is 0 Å². The van der Waals surface area contributed by atoms with Crippen molar-refractivity contribution >= 4 is 29.0 Å². The predicted molar refractivity (Wildman–Crippen MR) is 86.1 cm³/mol. The van der Waals surface area contributed by atoms with E-state index in [1.165, 1.54) is 17.8 Å². The molecule has 0 aromatic carbocycles. The Morgan fingerprint density at radius 1 is 1.44 bits per heavy atom. The van der Waals surface area contributed by atoms with Gasteiger partial charge in [-0.3, -0.25) is 19.1 Å². The minimum absolute atomic E-state index is 0.00947. The normalized spacial score (nSPS) is 12.1.